The summed E-state index contributed by atoms with van der Waals surface area (Å²) in [6.07, 6.45) is 3.33. The molecule has 2 N–H and O–H groups in total. The van der Waals surface area contributed by atoms with Gasteiger partial charge in [-0.05, 0) is 24.8 Å². The first-order chi connectivity index (χ1) is 8.25. The average molecular weight is 269 g/mol. The molecular weight excluding hydrogens is 248 g/mol. The molecule has 0 spiro atoms. The fourth-order valence-electron chi connectivity index (χ4n) is 2.20. The molecule has 0 radical (unpaired) electrons. The third-order valence-electron chi connectivity index (χ3n) is 3.36. The average Bonchev–Trinajstić information content (AvgIpc) is 2.38. The maximum absolute atomic E-state index is 12.0. The van der Waals surface area contributed by atoms with Crippen molar-refractivity contribution in [2.45, 2.75) is 31.7 Å². The summed E-state index contributed by atoms with van der Waals surface area (Å²) in [5, 5.41) is 0. The van der Waals surface area contributed by atoms with Gasteiger partial charge in [0.05, 0.1) is 0 Å². The molecule has 1 saturated heterocycles. The summed E-state index contributed by atoms with van der Waals surface area (Å²) in [6.45, 7) is 1.66. The molecule has 4 heteroatoms. The Balaban J connectivity index is 0.00000162. The van der Waals surface area contributed by atoms with Crippen molar-refractivity contribution < 1.29 is 4.79 Å². The Morgan fingerprint density at radius 3 is 2.44 bits per heavy atom. The van der Waals surface area contributed by atoms with Crippen LogP contribution in [-0.4, -0.2) is 29.9 Å². The van der Waals surface area contributed by atoms with Gasteiger partial charge in [0.15, 0.2) is 0 Å². The second kappa shape index (κ2) is 7.39. The third-order valence-corrected chi connectivity index (χ3v) is 3.36. The molecule has 0 aliphatic carbocycles. The summed E-state index contributed by atoms with van der Waals surface area (Å²) in [7, 11) is 0. The molecule has 1 amide bonds. The van der Waals surface area contributed by atoms with E-state index in [1.807, 2.05) is 23.1 Å². The Kier molecular flexibility index (Phi) is 6.16. The van der Waals surface area contributed by atoms with Crippen molar-refractivity contribution >= 4 is 18.3 Å². The van der Waals surface area contributed by atoms with Crippen LogP contribution < -0.4 is 5.73 Å². The molecule has 1 aliphatic heterocycles. The van der Waals surface area contributed by atoms with E-state index in [0.717, 1.165) is 32.4 Å². The molecular formula is C14H21ClN2O. The number of piperidine rings is 1. The lowest BCUT2D eigenvalue weighted by Gasteiger charge is -2.30. The van der Waals surface area contributed by atoms with Crippen molar-refractivity contribution in [2.24, 2.45) is 5.73 Å². The maximum Gasteiger partial charge on any atom is 0.222 e. The van der Waals surface area contributed by atoms with Gasteiger partial charge in [-0.3, -0.25) is 4.79 Å². The van der Waals surface area contributed by atoms with Crippen LogP contribution in [0.3, 0.4) is 0 Å². The second-order valence-electron chi connectivity index (χ2n) is 4.70. The molecule has 0 bridgehead atoms. The zero-order valence-electron chi connectivity index (χ0n) is 10.5. The molecule has 1 aromatic rings. The van der Waals surface area contributed by atoms with Crippen LogP contribution in [0.5, 0.6) is 0 Å². The molecule has 1 aliphatic rings. The molecule has 18 heavy (non-hydrogen) atoms. The molecule has 0 unspecified atom stereocenters. The van der Waals surface area contributed by atoms with Crippen molar-refractivity contribution in [3.63, 3.8) is 0 Å². The molecule has 0 atom stereocenters. The molecule has 0 saturated carbocycles. The summed E-state index contributed by atoms with van der Waals surface area (Å²) in [6, 6.07) is 10.4. The van der Waals surface area contributed by atoms with Crippen LogP contribution in [-0.2, 0) is 11.2 Å². The highest BCUT2D eigenvalue weighted by molar-refractivity contribution is 5.85. The van der Waals surface area contributed by atoms with E-state index < -0.39 is 0 Å². The van der Waals surface area contributed by atoms with E-state index >= 15 is 0 Å². The van der Waals surface area contributed by atoms with Gasteiger partial charge >= 0.3 is 0 Å². The standard InChI is InChI=1S/C14H20N2O.ClH/c15-13-8-10-16(11-9-13)14(17)7-6-12-4-2-1-3-5-12;/h1-5,13H,6-11,15H2;1H. The van der Waals surface area contributed by atoms with Crippen molar-refractivity contribution in [1.82, 2.24) is 4.90 Å². The van der Waals surface area contributed by atoms with Gasteiger partial charge in [-0.2, -0.15) is 0 Å². The molecule has 1 fully saturated rings. The summed E-state index contributed by atoms with van der Waals surface area (Å²) < 4.78 is 0. The van der Waals surface area contributed by atoms with Gasteiger partial charge in [0.1, 0.15) is 0 Å². The number of hydrogen-bond acceptors (Lipinski definition) is 2. The van der Waals surface area contributed by atoms with Crippen molar-refractivity contribution in [3.05, 3.63) is 35.9 Å². The van der Waals surface area contributed by atoms with Crippen molar-refractivity contribution in [2.75, 3.05) is 13.1 Å². The van der Waals surface area contributed by atoms with E-state index in [1.54, 1.807) is 0 Å². The topological polar surface area (TPSA) is 46.3 Å². The van der Waals surface area contributed by atoms with Gasteiger partial charge in [-0.15, -0.1) is 12.4 Å². The summed E-state index contributed by atoms with van der Waals surface area (Å²) in [4.78, 5) is 13.9. The number of halogens is 1. The molecule has 0 aromatic heterocycles. The fourth-order valence-corrected chi connectivity index (χ4v) is 2.20. The summed E-state index contributed by atoms with van der Waals surface area (Å²) >= 11 is 0. The minimum atomic E-state index is 0. The highest BCUT2D eigenvalue weighted by Crippen LogP contribution is 2.11. The minimum Gasteiger partial charge on any atom is -0.343 e. The molecule has 3 nitrogen and oxygen atoms in total. The zero-order chi connectivity index (χ0) is 12.1. The van der Waals surface area contributed by atoms with E-state index in [-0.39, 0.29) is 24.4 Å². The van der Waals surface area contributed by atoms with Crippen LogP contribution in [0.25, 0.3) is 0 Å². The first-order valence-electron chi connectivity index (χ1n) is 6.33. The predicted octanol–water partition coefficient (Wildman–Crippen LogP) is 1.99. The smallest absolute Gasteiger partial charge is 0.222 e. The van der Waals surface area contributed by atoms with Crippen LogP contribution in [0.15, 0.2) is 30.3 Å². The van der Waals surface area contributed by atoms with Gasteiger partial charge in [-0.1, -0.05) is 30.3 Å². The Hall–Kier alpha value is -1.06. The number of carbonyl (C=O) groups is 1. The number of rotatable bonds is 3. The number of likely N-dealkylation sites (tertiary alicyclic amines) is 1. The number of hydrogen-bond donors (Lipinski definition) is 1. The Bertz CT molecular complexity index is 361. The maximum atomic E-state index is 12.0. The van der Waals surface area contributed by atoms with E-state index in [4.69, 9.17) is 5.73 Å². The first kappa shape index (κ1) is 15.0. The van der Waals surface area contributed by atoms with E-state index in [9.17, 15) is 4.79 Å². The van der Waals surface area contributed by atoms with Gasteiger partial charge in [0.2, 0.25) is 5.91 Å². The van der Waals surface area contributed by atoms with Gasteiger partial charge in [0.25, 0.3) is 0 Å². The van der Waals surface area contributed by atoms with E-state index in [2.05, 4.69) is 12.1 Å². The quantitative estimate of drug-likeness (QED) is 0.911. The lowest BCUT2D eigenvalue weighted by molar-refractivity contribution is -0.132. The summed E-state index contributed by atoms with van der Waals surface area (Å²) in [5.74, 6) is 0.265. The van der Waals surface area contributed by atoms with Crippen LogP contribution >= 0.6 is 12.4 Å². The Morgan fingerprint density at radius 2 is 1.83 bits per heavy atom. The van der Waals surface area contributed by atoms with Crippen molar-refractivity contribution in [3.8, 4) is 0 Å². The largest absolute Gasteiger partial charge is 0.343 e. The number of nitrogens with zero attached hydrogens (tertiary/aromatic N) is 1. The van der Waals surface area contributed by atoms with Crippen LogP contribution in [0.1, 0.15) is 24.8 Å². The zero-order valence-corrected chi connectivity index (χ0v) is 11.4. The van der Waals surface area contributed by atoms with Gasteiger partial charge < -0.3 is 10.6 Å². The molecule has 100 valence electrons. The lowest BCUT2D eigenvalue weighted by atomic mass is 10.0. The Labute approximate surface area is 115 Å². The number of carbonyl (C=O) groups excluding carboxylic acids is 1. The van der Waals surface area contributed by atoms with Crippen molar-refractivity contribution in [1.29, 1.82) is 0 Å². The number of amides is 1. The summed E-state index contributed by atoms with van der Waals surface area (Å²) in [5.41, 5.74) is 7.06. The van der Waals surface area contributed by atoms with Crippen LogP contribution in [0, 0.1) is 0 Å². The first-order valence-corrected chi connectivity index (χ1v) is 6.33. The Morgan fingerprint density at radius 1 is 1.22 bits per heavy atom. The molecule has 1 aromatic carbocycles. The SMILES string of the molecule is Cl.NC1CCN(C(=O)CCc2ccccc2)CC1. The highest BCUT2D eigenvalue weighted by Gasteiger charge is 2.19. The van der Waals surface area contributed by atoms with E-state index in [1.165, 1.54) is 5.56 Å². The van der Waals surface area contributed by atoms with E-state index in [0.29, 0.717) is 6.42 Å². The van der Waals surface area contributed by atoms with Gasteiger partial charge in [-0.25, -0.2) is 0 Å². The lowest BCUT2D eigenvalue weighted by Crippen LogP contribution is -2.42. The second-order valence-corrected chi connectivity index (χ2v) is 4.70. The highest BCUT2D eigenvalue weighted by atomic mass is 35.5. The minimum absolute atomic E-state index is 0. The predicted molar refractivity (Wildman–Crippen MR) is 75.8 cm³/mol. The molecule has 2 rings (SSSR count). The fraction of sp³-hybridized carbons (Fsp3) is 0.500. The number of aryl methyl sites for hydroxylation is 1. The monoisotopic (exact) mass is 268 g/mol. The normalized spacial score (nSPS) is 16.2. The van der Waals surface area contributed by atoms with Crippen LogP contribution in [0.2, 0.25) is 0 Å². The van der Waals surface area contributed by atoms with Gasteiger partial charge in [0, 0.05) is 25.6 Å². The number of nitrogens with two attached hydrogens (primary N) is 1. The van der Waals surface area contributed by atoms with Crippen LogP contribution in [0.4, 0.5) is 0 Å². The molecule has 1 heterocycles. The third kappa shape index (κ3) is 4.31. The number of benzene rings is 1.